The molecule has 0 aromatic heterocycles. The van der Waals surface area contributed by atoms with Crippen molar-refractivity contribution < 1.29 is 9.50 Å². The molecule has 0 atom stereocenters. The zero-order chi connectivity index (χ0) is 13.8. The van der Waals surface area contributed by atoms with Crippen molar-refractivity contribution in [3.05, 3.63) is 57.8 Å². The molecule has 0 saturated heterocycles. The van der Waals surface area contributed by atoms with Crippen LogP contribution in [-0.2, 0) is 13.0 Å². The van der Waals surface area contributed by atoms with Crippen molar-refractivity contribution in [1.29, 1.82) is 0 Å². The molecule has 2 rings (SSSR count). The Morgan fingerprint density at radius 2 is 2.00 bits per heavy atom. The van der Waals surface area contributed by atoms with E-state index in [9.17, 15) is 9.50 Å². The third-order valence-electron chi connectivity index (χ3n) is 2.87. The van der Waals surface area contributed by atoms with Crippen molar-refractivity contribution in [3.8, 4) is 5.75 Å². The Balaban J connectivity index is 2.14. The monoisotopic (exact) mass is 323 g/mol. The summed E-state index contributed by atoms with van der Waals surface area (Å²) in [5, 5.41) is 12.6. The fourth-order valence-electron chi connectivity index (χ4n) is 1.96. The zero-order valence-electron chi connectivity index (χ0n) is 10.6. The topological polar surface area (TPSA) is 32.3 Å². The van der Waals surface area contributed by atoms with Crippen LogP contribution in [0.25, 0.3) is 0 Å². The molecule has 2 aromatic carbocycles. The summed E-state index contributed by atoms with van der Waals surface area (Å²) in [6, 6.07) is 10.1. The summed E-state index contributed by atoms with van der Waals surface area (Å²) in [6.07, 6.45) is 0.913. The van der Waals surface area contributed by atoms with E-state index in [4.69, 9.17) is 0 Å². The molecule has 2 aromatic rings. The average Bonchev–Trinajstić information content (AvgIpc) is 2.36. The summed E-state index contributed by atoms with van der Waals surface area (Å²) >= 11 is 3.44. The normalized spacial score (nSPS) is 10.5. The highest BCUT2D eigenvalue weighted by Crippen LogP contribution is 2.23. The van der Waals surface area contributed by atoms with E-state index in [1.807, 2.05) is 12.1 Å². The van der Waals surface area contributed by atoms with E-state index in [1.165, 1.54) is 11.6 Å². The van der Waals surface area contributed by atoms with Crippen molar-refractivity contribution >= 4 is 21.6 Å². The molecule has 0 saturated carbocycles. The second-order valence-corrected chi connectivity index (χ2v) is 5.24. The number of rotatable bonds is 4. The van der Waals surface area contributed by atoms with Crippen LogP contribution in [0.4, 0.5) is 10.1 Å². The number of hydrogen-bond donors (Lipinski definition) is 2. The van der Waals surface area contributed by atoms with E-state index in [0.29, 0.717) is 12.1 Å². The number of phenolic OH excluding ortho intramolecular Hbond substituents is 1. The molecule has 0 aliphatic heterocycles. The van der Waals surface area contributed by atoms with Crippen molar-refractivity contribution in [1.82, 2.24) is 0 Å². The summed E-state index contributed by atoms with van der Waals surface area (Å²) in [7, 11) is 0. The van der Waals surface area contributed by atoms with Crippen LogP contribution in [0.1, 0.15) is 18.1 Å². The first-order valence-electron chi connectivity index (χ1n) is 6.09. The van der Waals surface area contributed by atoms with Crippen molar-refractivity contribution in [2.24, 2.45) is 0 Å². The van der Waals surface area contributed by atoms with Gasteiger partial charge in [-0.2, -0.15) is 0 Å². The quantitative estimate of drug-likeness (QED) is 0.870. The number of benzene rings is 2. The van der Waals surface area contributed by atoms with Crippen LogP contribution in [-0.4, -0.2) is 5.11 Å². The molecule has 100 valence electrons. The van der Waals surface area contributed by atoms with E-state index in [2.05, 4.69) is 34.2 Å². The van der Waals surface area contributed by atoms with Crippen molar-refractivity contribution in [2.45, 2.75) is 19.9 Å². The number of phenols is 1. The maximum atomic E-state index is 13.2. The van der Waals surface area contributed by atoms with Gasteiger partial charge in [-0.1, -0.05) is 22.9 Å². The van der Waals surface area contributed by atoms with Crippen LogP contribution < -0.4 is 5.32 Å². The van der Waals surface area contributed by atoms with Crippen LogP contribution in [0.5, 0.6) is 5.75 Å². The molecule has 0 unspecified atom stereocenters. The molecule has 0 aliphatic rings. The van der Waals surface area contributed by atoms with E-state index in [-0.39, 0.29) is 5.75 Å². The van der Waals surface area contributed by atoms with Gasteiger partial charge in [-0.3, -0.25) is 0 Å². The molecule has 19 heavy (non-hydrogen) atoms. The Morgan fingerprint density at radius 3 is 2.68 bits per heavy atom. The summed E-state index contributed by atoms with van der Waals surface area (Å²) in [5.74, 6) is -0.480. The molecule has 0 aliphatic carbocycles. The predicted octanol–water partition coefficient (Wildman–Crippen LogP) is 4.47. The Labute approximate surface area is 120 Å². The molecule has 2 nitrogen and oxygen atoms in total. The fourth-order valence-corrected chi connectivity index (χ4v) is 2.37. The van der Waals surface area contributed by atoms with Gasteiger partial charge in [-0.15, -0.1) is 0 Å². The van der Waals surface area contributed by atoms with Gasteiger partial charge in [-0.05, 0) is 47.9 Å². The Hall–Kier alpha value is -1.55. The van der Waals surface area contributed by atoms with Crippen LogP contribution in [0.3, 0.4) is 0 Å². The first-order chi connectivity index (χ1) is 9.08. The molecular formula is C15H15BrFNO. The van der Waals surface area contributed by atoms with Crippen LogP contribution >= 0.6 is 15.9 Å². The number of aromatic hydroxyl groups is 1. The van der Waals surface area contributed by atoms with Crippen molar-refractivity contribution in [2.75, 3.05) is 5.32 Å². The summed E-state index contributed by atoms with van der Waals surface area (Å²) in [5.41, 5.74) is 2.92. The third kappa shape index (κ3) is 3.70. The highest BCUT2D eigenvalue weighted by Gasteiger charge is 2.03. The van der Waals surface area contributed by atoms with Gasteiger partial charge < -0.3 is 10.4 Å². The molecule has 0 spiro atoms. The van der Waals surface area contributed by atoms with E-state index < -0.39 is 5.82 Å². The van der Waals surface area contributed by atoms with Crippen molar-refractivity contribution in [3.63, 3.8) is 0 Å². The largest absolute Gasteiger partial charge is 0.508 e. The summed E-state index contributed by atoms with van der Waals surface area (Å²) in [4.78, 5) is 0. The lowest BCUT2D eigenvalue weighted by Crippen LogP contribution is -2.02. The number of aryl methyl sites for hydroxylation is 1. The molecule has 0 fully saturated rings. The molecule has 0 heterocycles. The molecular weight excluding hydrogens is 309 g/mol. The highest BCUT2D eigenvalue weighted by atomic mass is 79.9. The standard InChI is InChI=1S/C15H15BrFNO/c1-2-11-7-12(16)3-4-15(11)18-9-10-5-13(17)8-14(19)6-10/h3-8,18-19H,2,9H2,1H3. The smallest absolute Gasteiger partial charge is 0.127 e. The van der Waals surface area contributed by atoms with Gasteiger partial charge in [-0.25, -0.2) is 4.39 Å². The van der Waals surface area contributed by atoms with Gasteiger partial charge in [0.2, 0.25) is 0 Å². The second-order valence-electron chi connectivity index (χ2n) is 4.33. The minimum Gasteiger partial charge on any atom is -0.508 e. The molecule has 0 amide bonds. The van der Waals surface area contributed by atoms with E-state index in [1.54, 1.807) is 6.07 Å². The summed E-state index contributed by atoms with van der Waals surface area (Å²) < 4.78 is 14.2. The van der Waals surface area contributed by atoms with E-state index in [0.717, 1.165) is 22.6 Å². The Bertz CT molecular complexity index is 566. The minimum atomic E-state index is -0.427. The first kappa shape index (κ1) is 13.9. The van der Waals surface area contributed by atoms with Gasteiger partial charge in [0.15, 0.2) is 0 Å². The number of hydrogen-bond acceptors (Lipinski definition) is 2. The summed E-state index contributed by atoms with van der Waals surface area (Å²) in [6.45, 7) is 2.56. The Morgan fingerprint density at radius 1 is 1.21 bits per heavy atom. The third-order valence-corrected chi connectivity index (χ3v) is 3.37. The molecule has 0 bridgehead atoms. The maximum absolute atomic E-state index is 13.2. The lowest BCUT2D eigenvalue weighted by molar-refractivity contribution is 0.468. The fraction of sp³-hybridized carbons (Fsp3) is 0.200. The molecule has 4 heteroatoms. The predicted molar refractivity (Wildman–Crippen MR) is 78.9 cm³/mol. The zero-order valence-corrected chi connectivity index (χ0v) is 12.2. The van der Waals surface area contributed by atoms with Gasteiger partial charge in [0, 0.05) is 22.8 Å². The maximum Gasteiger partial charge on any atom is 0.127 e. The molecule has 2 N–H and O–H groups in total. The Kier molecular flexibility index (Phi) is 4.43. The van der Waals surface area contributed by atoms with Gasteiger partial charge in [0.05, 0.1) is 0 Å². The SMILES string of the molecule is CCc1cc(Br)ccc1NCc1cc(O)cc(F)c1. The minimum absolute atomic E-state index is 0.0525. The van der Waals surface area contributed by atoms with Crippen LogP contribution in [0.15, 0.2) is 40.9 Å². The lowest BCUT2D eigenvalue weighted by atomic mass is 10.1. The highest BCUT2D eigenvalue weighted by molar-refractivity contribution is 9.10. The van der Waals surface area contributed by atoms with Crippen LogP contribution in [0, 0.1) is 5.82 Å². The first-order valence-corrected chi connectivity index (χ1v) is 6.88. The van der Waals surface area contributed by atoms with E-state index >= 15 is 0 Å². The molecule has 0 radical (unpaired) electrons. The number of anilines is 1. The second kappa shape index (κ2) is 6.06. The van der Waals surface area contributed by atoms with Crippen LogP contribution in [0.2, 0.25) is 0 Å². The van der Waals surface area contributed by atoms with Gasteiger partial charge in [0.25, 0.3) is 0 Å². The number of nitrogens with one attached hydrogen (secondary N) is 1. The van der Waals surface area contributed by atoms with Gasteiger partial charge >= 0.3 is 0 Å². The average molecular weight is 324 g/mol. The van der Waals surface area contributed by atoms with Gasteiger partial charge in [0.1, 0.15) is 11.6 Å². The number of halogens is 2. The lowest BCUT2D eigenvalue weighted by Gasteiger charge is -2.12.